The molecule has 4 heteroatoms. The fourth-order valence-corrected chi connectivity index (χ4v) is 3.05. The van der Waals surface area contributed by atoms with Crippen LogP contribution in [0.2, 0.25) is 5.02 Å². The van der Waals surface area contributed by atoms with E-state index in [1.807, 2.05) is 67.6 Å². The van der Waals surface area contributed by atoms with Gasteiger partial charge in [0, 0.05) is 16.3 Å². The molecular weight excluding hydrogens is 332 g/mol. The molecule has 0 fully saturated rings. The molecule has 0 spiro atoms. The number of hydrogen-bond acceptors (Lipinski definition) is 1. The molecule has 0 heterocycles. The number of hydrogen-bond donors (Lipinski definition) is 2. The minimum atomic E-state index is -0.197. The maximum atomic E-state index is 12.5. The number of quaternary nitrogens is 1. The van der Waals surface area contributed by atoms with Gasteiger partial charge in [0.25, 0.3) is 5.91 Å². The Kier molecular flexibility index (Phi) is 5.37. The molecule has 128 valence electrons. The maximum absolute atomic E-state index is 12.5. The van der Waals surface area contributed by atoms with Crippen LogP contribution in [-0.2, 0) is 4.79 Å². The first kappa shape index (κ1) is 17.5. The van der Waals surface area contributed by atoms with Crippen LogP contribution in [0.1, 0.15) is 25.5 Å². The predicted octanol–water partition coefficient (Wildman–Crippen LogP) is 4.14. The second-order valence-corrected chi connectivity index (χ2v) is 6.81. The molecular formula is C21H22ClN2O+. The van der Waals surface area contributed by atoms with Crippen molar-refractivity contribution in [3.63, 3.8) is 0 Å². The first-order valence-corrected chi connectivity index (χ1v) is 8.81. The Morgan fingerprint density at radius 3 is 2.36 bits per heavy atom. The van der Waals surface area contributed by atoms with Crippen molar-refractivity contribution in [1.82, 2.24) is 0 Å². The quantitative estimate of drug-likeness (QED) is 0.711. The van der Waals surface area contributed by atoms with Gasteiger partial charge in [-0.2, -0.15) is 0 Å². The zero-order valence-corrected chi connectivity index (χ0v) is 15.1. The molecule has 0 saturated carbocycles. The van der Waals surface area contributed by atoms with E-state index in [2.05, 4.69) is 23.6 Å². The Labute approximate surface area is 153 Å². The number of rotatable bonds is 5. The molecule has 0 unspecified atom stereocenters. The molecule has 0 bridgehead atoms. The smallest absolute Gasteiger partial charge is 0.282 e. The van der Waals surface area contributed by atoms with E-state index >= 15 is 0 Å². The van der Waals surface area contributed by atoms with Crippen LogP contribution in [0.5, 0.6) is 0 Å². The average molecular weight is 354 g/mol. The summed E-state index contributed by atoms with van der Waals surface area (Å²) in [7, 11) is 0. The monoisotopic (exact) mass is 353 g/mol. The van der Waals surface area contributed by atoms with Crippen LogP contribution in [0.25, 0.3) is 10.8 Å². The number of nitrogens with one attached hydrogen (secondary N) is 1. The number of benzene rings is 3. The van der Waals surface area contributed by atoms with Crippen LogP contribution in [0.4, 0.5) is 5.69 Å². The van der Waals surface area contributed by atoms with Gasteiger partial charge in [-0.15, -0.1) is 0 Å². The predicted molar refractivity (Wildman–Crippen MR) is 104 cm³/mol. The minimum Gasteiger partial charge on any atom is -0.330 e. The average Bonchev–Trinajstić information content (AvgIpc) is 2.62. The Morgan fingerprint density at radius 1 is 0.960 bits per heavy atom. The molecule has 25 heavy (non-hydrogen) atoms. The Hall–Kier alpha value is -2.36. The molecule has 0 saturated heterocycles. The van der Waals surface area contributed by atoms with Gasteiger partial charge < -0.3 is 10.6 Å². The lowest BCUT2D eigenvalue weighted by Crippen LogP contribution is -2.91. The van der Waals surface area contributed by atoms with E-state index in [9.17, 15) is 4.79 Å². The van der Waals surface area contributed by atoms with Crippen molar-refractivity contribution in [1.29, 1.82) is 0 Å². The lowest BCUT2D eigenvalue weighted by atomic mass is 10.1. The lowest BCUT2D eigenvalue weighted by Gasteiger charge is -2.17. The summed E-state index contributed by atoms with van der Waals surface area (Å²) in [4.78, 5) is 12.5. The normalized spacial score (nSPS) is 13.4. The highest BCUT2D eigenvalue weighted by molar-refractivity contribution is 6.30. The molecule has 3 rings (SSSR count). The third kappa shape index (κ3) is 4.38. The van der Waals surface area contributed by atoms with E-state index in [1.54, 1.807) is 0 Å². The first-order chi connectivity index (χ1) is 12.0. The van der Waals surface area contributed by atoms with Crippen molar-refractivity contribution in [2.45, 2.75) is 25.9 Å². The number of carbonyl (C=O) groups excluding carboxylic acids is 1. The van der Waals surface area contributed by atoms with Crippen LogP contribution < -0.4 is 10.6 Å². The molecule has 3 N–H and O–H groups in total. The highest BCUT2D eigenvalue weighted by Gasteiger charge is 2.20. The van der Waals surface area contributed by atoms with Gasteiger partial charge in [-0.1, -0.05) is 54.1 Å². The van der Waals surface area contributed by atoms with Gasteiger partial charge >= 0.3 is 0 Å². The van der Waals surface area contributed by atoms with Gasteiger partial charge in [0.05, 0.1) is 0 Å². The summed E-state index contributed by atoms with van der Waals surface area (Å²) in [5.41, 5.74) is 1.97. The highest BCUT2D eigenvalue weighted by Crippen LogP contribution is 2.19. The van der Waals surface area contributed by atoms with E-state index in [0.717, 1.165) is 27.0 Å². The third-order valence-corrected chi connectivity index (χ3v) is 4.66. The van der Waals surface area contributed by atoms with E-state index in [4.69, 9.17) is 11.6 Å². The second-order valence-electron chi connectivity index (χ2n) is 6.37. The lowest BCUT2D eigenvalue weighted by molar-refractivity contribution is -0.709. The number of anilines is 1. The third-order valence-electron chi connectivity index (χ3n) is 4.40. The molecule has 0 aromatic heterocycles. The van der Waals surface area contributed by atoms with Crippen molar-refractivity contribution in [3.05, 3.63) is 77.3 Å². The molecule has 0 aliphatic rings. The summed E-state index contributed by atoms with van der Waals surface area (Å²) in [6.07, 6.45) is 0. The largest absolute Gasteiger partial charge is 0.330 e. The Morgan fingerprint density at radius 2 is 1.64 bits per heavy atom. The molecule has 0 aliphatic carbocycles. The Balaban J connectivity index is 1.64. The SMILES string of the molecule is C[C@H]([NH2+][C@@H](C)c1ccc(Cl)cc1)C(=O)Nc1ccc2ccccc2c1. The molecule has 3 nitrogen and oxygen atoms in total. The van der Waals surface area contributed by atoms with Gasteiger partial charge in [-0.05, 0) is 48.9 Å². The summed E-state index contributed by atoms with van der Waals surface area (Å²) in [5.74, 6) is -0.00362. The van der Waals surface area contributed by atoms with Crippen LogP contribution in [-0.4, -0.2) is 11.9 Å². The van der Waals surface area contributed by atoms with Gasteiger partial charge in [0.2, 0.25) is 0 Å². The van der Waals surface area contributed by atoms with Crippen LogP contribution in [0, 0.1) is 0 Å². The number of fused-ring (bicyclic) bond motifs is 1. The first-order valence-electron chi connectivity index (χ1n) is 8.43. The summed E-state index contributed by atoms with van der Waals surface area (Å²) >= 11 is 5.93. The summed E-state index contributed by atoms with van der Waals surface area (Å²) in [5, 5.41) is 8.06. The van der Waals surface area contributed by atoms with E-state index in [1.165, 1.54) is 0 Å². The number of nitrogens with two attached hydrogens (primary N) is 1. The molecule has 3 aromatic rings. The van der Waals surface area contributed by atoms with Gasteiger partial charge in [0.1, 0.15) is 6.04 Å². The van der Waals surface area contributed by atoms with E-state index < -0.39 is 0 Å². The van der Waals surface area contributed by atoms with Crippen molar-refractivity contribution in [3.8, 4) is 0 Å². The van der Waals surface area contributed by atoms with Crippen LogP contribution in [0.15, 0.2) is 66.7 Å². The summed E-state index contributed by atoms with van der Waals surface area (Å²) < 4.78 is 0. The van der Waals surface area contributed by atoms with Crippen LogP contribution in [0.3, 0.4) is 0 Å². The Bertz CT molecular complexity index is 876. The van der Waals surface area contributed by atoms with Gasteiger partial charge in [-0.25, -0.2) is 0 Å². The van der Waals surface area contributed by atoms with Gasteiger partial charge in [0.15, 0.2) is 6.04 Å². The van der Waals surface area contributed by atoms with E-state index in [0.29, 0.717) is 0 Å². The molecule has 0 aliphatic heterocycles. The minimum absolute atomic E-state index is 0.00362. The zero-order chi connectivity index (χ0) is 17.8. The number of carbonyl (C=O) groups is 1. The van der Waals surface area contributed by atoms with Crippen molar-refractivity contribution in [2.24, 2.45) is 0 Å². The van der Waals surface area contributed by atoms with Crippen LogP contribution >= 0.6 is 11.6 Å². The maximum Gasteiger partial charge on any atom is 0.282 e. The number of amides is 1. The second kappa shape index (κ2) is 7.68. The molecule has 2 atom stereocenters. The topological polar surface area (TPSA) is 45.7 Å². The molecule has 3 aromatic carbocycles. The number of halogens is 1. The van der Waals surface area contributed by atoms with Crippen molar-refractivity contribution >= 4 is 34.0 Å². The molecule has 1 amide bonds. The standard InChI is InChI=1S/C21H21ClN2O/c1-14(16-7-10-19(22)11-8-16)23-15(2)21(25)24-20-12-9-17-5-3-4-6-18(17)13-20/h3-15,23H,1-2H3,(H,24,25)/p+1/t14-,15-/m0/s1. The zero-order valence-electron chi connectivity index (χ0n) is 14.4. The summed E-state index contributed by atoms with van der Waals surface area (Å²) in [6, 6.07) is 21.8. The van der Waals surface area contributed by atoms with Crippen molar-refractivity contribution < 1.29 is 10.1 Å². The highest BCUT2D eigenvalue weighted by atomic mass is 35.5. The van der Waals surface area contributed by atoms with Crippen molar-refractivity contribution in [2.75, 3.05) is 5.32 Å². The van der Waals surface area contributed by atoms with E-state index in [-0.39, 0.29) is 18.0 Å². The fraction of sp³-hybridized carbons (Fsp3) is 0.190. The summed E-state index contributed by atoms with van der Waals surface area (Å²) in [6.45, 7) is 4.01. The fourth-order valence-electron chi connectivity index (χ4n) is 2.92. The molecule has 0 radical (unpaired) electrons. The van der Waals surface area contributed by atoms with Gasteiger partial charge in [-0.3, -0.25) is 4.79 Å².